The normalized spacial score (nSPS) is 11.3. The fourth-order valence-electron chi connectivity index (χ4n) is 3.07. The van der Waals surface area contributed by atoms with Gasteiger partial charge in [-0.2, -0.15) is 5.10 Å². The molecule has 0 aliphatic rings. The molecule has 25 heavy (non-hydrogen) atoms. The Labute approximate surface area is 145 Å². The highest BCUT2D eigenvalue weighted by Crippen LogP contribution is 2.31. The van der Waals surface area contributed by atoms with Crippen molar-refractivity contribution in [1.82, 2.24) is 30.5 Å². The highest BCUT2D eigenvalue weighted by atomic mass is 15.1. The number of hydrogen-bond donors (Lipinski definition) is 3. The van der Waals surface area contributed by atoms with E-state index in [1.165, 1.54) is 11.1 Å². The second kappa shape index (κ2) is 6.49. The summed E-state index contributed by atoms with van der Waals surface area (Å²) in [6.45, 7) is 6.03. The van der Waals surface area contributed by atoms with Crippen molar-refractivity contribution < 1.29 is 0 Å². The molecule has 1 aromatic carbocycles. The summed E-state index contributed by atoms with van der Waals surface area (Å²) >= 11 is 0. The molecule has 126 valence electrons. The maximum Gasteiger partial charge on any atom is 0.118 e. The van der Waals surface area contributed by atoms with Gasteiger partial charge >= 0.3 is 0 Å². The number of imidazole rings is 1. The molecule has 0 aliphatic heterocycles. The standard InChI is InChI=1S/C19H20N6/c1-3-20-7-14-8-21-9-16(12(14)2)13-4-5-17-15(6-13)19(25-24-17)18-10-22-11-23-18/h4-6,8-11,20H,3,7H2,1-2H3,(H,22,23)(H,24,25). The molecule has 0 radical (unpaired) electrons. The van der Waals surface area contributed by atoms with Crippen LogP contribution in [-0.2, 0) is 6.54 Å². The van der Waals surface area contributed by atoms with Gasteiger partial charge in [0.2, 0.25) is 0 Å². The Bertz CT molecular complexity index is 1000. The van der Waals surface area contributed by atoms with Crippen LogP contribution in [0.3, 0.4) is 0 Å². The van der Waals surface area contributed by atoms with E-state index >= 15 is 0 Å². The molecule has 4 aromatic rings. The van der Waals surface area contributed by atoms with E-state index in [1.807, 2.05) is 12.4 Å². The molecule has 0 atom stereocenters. The Morgan fingerprint density at radius 1 is 1.12 bits per heavy atom. The first-order chi connectivity index (χ1) is 12.3. The number of pyridine rings is 1. The molecule has 0 bridgehead atoms. The predicted molar refractivity (Wildman–Crippen MR) is 99.0 cm³/mol. The van der Waals surface area contributed by atoms with Crippen LogP contribution in [0, 0.1) is 6.92 Å². The summed E-state index contributed by atoms with van der Waals surface area (Å²) in [6, 6.07) is 6.34. The third-order valence-corrected chi connectivity index (χ3v) is 4.51. The number of nitrogens with zero attached hydrogens (tertiary/aromatic N) is 3. The first-order valence-electron chi connectivity index (χ1n) is 8.39. The summed E-state index contributed by atoms with van der Waals surface area (Å²) < 4.78 is 0. The molecule has 3 N–H and O–H groups in total. The van der Waals surface area contributed by atoms with Gasteiger partial charge in [-0.3, -0.25) is 10.1 Å². The van der Waals surface area contributed by atoms with E-state index < -0.39 is 0 Å². The maximum absolute atomic E-state index is 4.44. The molecule has 4 rings (SSSR count). The molecule has 0 fully saturated rings. The summed E-state index contributed by atoms with van der Waals surface area (Å²) in [6.07, 6.45) is 7.32. The average Bonchev–Trinajstić information content (AvgIpc) is 3.29. The number of nitrogens with one attached hydrogen (secondary N) is 3. The second-order valence-electron chi connectivity index (χ2n) is 6.05. The van der Waals surface area contributed by atoms with Crippen LogP contribution in [0.2, 0.25) is 0 Å². The first-order valence-corrected chi connectivity index (χ1v) is 8.39. The molecule has 6 heteroatoms. The van der Waals surface area contributed by atoms with Gasteiger partial charge in [0.05, 0.1) is 23.7 Å². The predicted octanol–water partition coefficient (Wildman–Crippen LogP) is 3.43. The van der Waals surface area contributed by atoms with Crippen LogP contribution in [0.1, 0.15) is 18.1 Å². The monoisotopic (exact) mass is 332 g/mol. The highest BCUT2D eigenvalue weighted by molar-refractivity contribution is 5.95. The van der Waals surface area contributed by atoms with Gasteiger partial charge in [-0.05, 0) is 42.3 Å². The summed E-state index contributed by atoms with van der Waals surface area (Å²) in [5, 5.41) is 12.0. The molecule has 0 aliphatic carbocycles. The van der Waals surface area contributed by atoms with Crippen LogP contribution in [0.25, 0.3) is 33.4 Å². The highest BCUT2D eigenvalue weighted by Gasteiger charge is 2.12. The molecule has 6 nitrogen and oxygen atoms in total. The van der Waals surface area contributed by atoms with Gasteiger partial charge in [-0.1, -0.05) is 13.0 Å². The van der Waals surface area contributed by atoms with Crippen molar-refractivity contribution in [2.75, 3.05) is 6.54 Å². The van der Waals surface area contributed by atoms with Crippen LogP contribution in [-0.4, -0.2) is 31.7 Å². The molecular formula is C19H20N6. The van der Waals surface area contributed by atoms with Gasteiger partial charge in [0.15, 0.2) is 0 Å². The first kappa shape index (κ1) is 15.5. The third-order valence-electron chi connectivity index (χ3n) is 4.51. The molecule has 0 amide bonds. The minimum Gasteiger partial charge on any atom is -0.343 e. The summed E-state index contributed by atoms with van der Waals surface area (Å²) in [5.74, 6) is 0. The van der Waals surface area contributed by atoms with Gasteiger partial charge in [0.1, 0.15) is 5.69 Å². The quantitative estimate of drug-likeness (QED) is 0.523. The van der Waals surface area contributed by atoms with Gasteiger partial charge in [0.25, 0.3) is 0 Å². The van der Waals surface area contributed by atoms with Crippen molar-refractivity contribution in [3.8, 4) is 22.5 Å². The zero-order valence-corrected chi connectivity index (χ0v) is 14.3. The minimum atomic E-state index is 0.830. The molecule has 0 saturated heterocycles. The van der Waals surface area contributed by atoms with Crippen LogP contribution in [0.4, 0.5) is 0 Å². The summed E-state index contributed by atoms with van der Waals surface area (Å²) in [4.78, 5) is 11.6. The van der Waals surface area contributed by atoms with Crippen molar-refractivity contribution in [3.63, 3.8) is 0 Å². The summed E-state index contributed by atoms with van der Waals surface area (Å²) in [7, 11) is 0. The Morgan fingerprint density at radius 3 is 2.84 bits per heavy atom. The van der Waals surface area contributed by atoms with E-state index in [0.717, 1.165) is 46.5 Å². The number of rotatable bonds is 5. The lowest BCUT2D eigenvalue weighted by Crippen LogP contribution is -2.13. The van der Waals surface area contributed by atoms with Crippen molar-refractivity contribution in [3.05, 3.63) is 54.2 Å². The van der Waals surface area contributed by atoms with E-state index in [9.17, 15) is 0 Å². The molecule has 3 heterocycles. The second-order valence-corrected chi connectivity index (χ2v) is 6.05. The number of aromatic amines is 2. The van der Waals surface area contributed by atoms with Crippen molar-refractivity contribution >= 4 is 10.9 Å². The fourth-order valence-corrected chi connectivity index (χ4v) is 3.07. The minimum absolute atomic E-state index is 0.830. The zero-order chi connectivity index (χ0) is 17.2. The lowest BCUT2D eigenvalue weighted by atomic mass is 9.97. The van der Waals surface area contributed by atoms with Crippen LogP contribution in [0.5, 0.6) is 0 Å². The van der Waals surface area contributed by atoms with Crippen LogP contribution < -0.4 is 5.32 Å². The topological polar surface area (TPSA) is 82.3 Å². The Morgan fingerprint density at radius 2 is 2.04 bits per heavy atom. The van der Waals surface area contributed by atoms with Gasteiger partial charge < -0.3 is 10.3 Å². The molecule has 0 unspecified atom stereocenters. The van der Waals surface area contributed by atoms with Crippen molar-refractivity contribution in [2.24, 2.45) is 0 Å². The zero-order valence-electron chi connectivity index (χ0n) is 14.3. The van der Waals surface area contributed by atoms with Crippen molar-refractivity contribution in [1.29, 1.82) is 0 Å². The van der Waals surface area contributed by atoms with Gasteiger partial charge in [-0.15, -0.1) is 0 Å². The fraction of sp³-hybridized carbons (Fsp3) is 0.211. The molecule has 0 spiro atoms. The van der Waals surface area contributed by atoms with Gasteiger partial charge in [-0.25, -0.2) is 4.98 Å². The lowest BCUT2D eigenvalue weighted by Gasteiger charge is -2.11. The number of H-pyrrole nitrogens is 2. The van der Waals surface area contributed by atoms with E-state index in [1.54, 1.807) is 12.5 Å². The number of hydrogen-bond acceptors (Lipinski definition) is 4. The Kier molecular flexibility index (Phi) is 4.03. The van der Waals surface area contributed by atoms with Crippen LogP contribution in [0.15, 0.2) is 43.1 Å². The van der Waals surface area contributed by atoms with E-state index in [0.29, 0.717) is 0 Å². The summed E-state index contributed by atoms with van der Waals surface area (Å²) in [5.41, 5.74) is 7.54. The number of aromatic nitrogens is 5. The molecule has 0 saturated carbocycles. The molecule has 3 aromatic heterocycles. The van der Waals surface area contributed by atoms with Gasteiger partial charge in [0, 0.05) is 29.9 Å². The molecular weight excluding hydrogens is 312 g/mol. The Balaban J connectivity index is 1.81. The van der Waals surface area contributed by atoms with E-state index in [-0.39, 0.29) is 0 Å². The average molecular weight is 332 g/mol. The smallest absolute Gasteiger partial charge is 0.118 e. The maximum atomic E-state index is 4.44. The SMILES string of the molecule is CCNCc1cncc(-c2ccc3[nH]nc(-c4cnc[nH]4)c3c2)c1C. The third kappa shape index (κ3) is 2.81. The Hall–Kier alpha value is -2.99. The lowest BCUT2D eigenvalue weighted by molar-refractivity contribution is 0.721. The number of benzene rings is 1. The number of fused-ring (bicyclic) bond motifs is 1. The van der Waals surface area contributed by atoms with E-state index in [4.69, 9.17) is 0 Å². The van der Waals surface area contributed by atoms with E-state index in [2.05, 4.69) is 62.5 Å². The van der Waals surface area contributed by atoms with Crippen molar-refractivity contribution in [2.45, 2.75) is 20.4 Å². The van der Waals surface area contributed by atoms with Crippen LogP contribution >= 0.6 is 0 Å². The largest absolute Gasteiger partial charge is 0.343 e.